The molecule has 0 saturated carbocycles. The number of carbonyl (C=O) groups is 1. The molecule has 0 aromatic heterocycles. The number of ketones is 1. The number of nitrogens with two attached hydrogens (primary N) is 1. The molecular weight excluding hydrogens is 253 g/mol. The lowest BCUT2D eigenvalue weighted by molar-refractivity contribution is -0.118. The fraction of sp³-hybridized carbons (Fsp3) is 0.235. The van der Waals surface area contributed by atoms with Crippen LogP contribution in [-0.4, -0.2) is 5.78 Å². The molecule has 0 aliphatic carbocycles. The monoisotopic (exact) mass is 271 g/mol. The number of Topliss-reactive ketones (excluding diaryl/α,β-unsaturated/α-hetero) is 1. The summed E-state index contributed by atoms with van der Waals surface area (Å²) in [6.07, 6.45) is 1.51. The zero-order chi connectivity index (χ0) is 14.5. The Balaban J connectivity index is 1.92. The highest BCUT2D eigenvalue weighted by Gasteiger charge is 2.07. The van der Waals surface area contributed by atoms with Crippen molar-refractivity contribution in [2.45, 2.75) is 26.2 Å². The van der Waals surface area contributed by atoms with E-state index < -0.39 is 0 Å². The number of carbonyl (C=O) groups excluding carboxylic acids is 1. The molecule has 2 nitrogen and oxygen atoms in total. The van der Waals surface area contributed by atoms with Crippen LogP contribution in [0, 0.1) is 12.7 Å². The Morgan fingerprint density at radius 2 is 2.00 bits per heavy atom. The van der Waals surface area contributed by atoms with Gasteiger partial charge in [0, 0.05) is 18.5 Å². The molecule has 0 aliphatic heterocycles. The smallest absolute Gasteiger partial charge is 0.137 e. The Morgan fingerprint density at radius 3 is 2.70 bits per heavy atom. The Kier molecular flexibility index (Phi) is 4.51. The SMILES string of the molecule is Cc1cc(F)ccc1CC(=O)CCc1cccc(N)c1. The van der Waals surface area contributed by atoms with Gasteiger partial charge in [0.15, 0.2) is 0 Å². The van der Waals surface area contributed by atoms with E-state index in [2.05, 4.69) is 0 Å². The van der Waals surface area contributed by atoms with Crippen molar-refractivity contribution in [3.8, 4) is 0 Å². The van der Waals surface area contributed by atoms with Crippen molar-refractivity contribution in [3.05, 3.63) is 65.0 Å². The standard InChI is InChI=1S/C17H18FNO/c1-12-9-15(18)7-6-14(12)11-17(20)8-5-13-3-2-4-16(19)10-13/h2-4,6-7,9-10H,5,8,11,19H2,1H3. The van der Waals surface area contributed by atoms with Crippen LogP contribution in [0.4, 0.5) is 10.1 Å². The van der Waals surface area contributed by atoms with Crippen LogP contribution in [0.15, 0.2) is 42.5 Å². The molecule has 0 bridgehead atoms. The van der Waals surface area contributed by atoms with E-state index in [0.717, 1.165) is 16.7 Å². The van der Waals surface area contributed by atoms with Gasteiger partial charge in [0.2, 0.25) is 0 Å². The van der Waals surface area contributed by atoms with Crippen molar-refractivity contribution in [2.24, 2.45) is 0 Å². The summed E-state index contributed by atoms with van der Waals surface area (Å²) in [5.74, 6) is -0.111. The normalized spacial score (nSPS) is 10.5. The van der Waals surface area contributed by atoms with E-state index in [1.807, 2.05) is 31.2 Å². The van der Waals surface area contributed by atoms with E-state index in [4.69, 9.17) is 5.73 Å². The average Bonchev–Trinajstić information content (AvgIpc) is 2.40. The van der Waals surface area contributed by atoms with Gasteiger partial charge in [-0.15, -0.1) is 0 Å². The fourth-order valence-electron chi connectivity index (χ4n) is 2.19. The van der Waals surface area contributed by atoms with Gasteiger partial charge in [-0.05, 0) is 54.3 Å². The molecule has 0 atom stereocenters. The lowest BCUT2D eigenvalue weighted by Crippen LogP contribution is -2.06. The molecule has 0 amide bonds. The zero-order valence-corrected chi connectivity index (χ0v) is 11.5. The molecule has 104 valence electrons. The Labute approximate surface area is 118 Å². The first-order valence-electron chi connectivity index (χ1n) is 6.66. The molecule has 0 saturated heterocycles. The molecule has 2 aromatic rings. The number of hydrogen-bond acceptors (Lipinski definition) is 2. The highest BCUT2D eigenvalue weighted by atomic mass is 19.1. The van der Waals surface area contributed by atoms with Crippen LogP contribution in [0.25, 0.3) is 0 Å². The van der Waals surface area contributed by atoms with Gasteiger partial charge in [0.25, 0.3) is 0 Å². The predicted octanol–water partition coefficient (Wildman–Crippen LogP) is 3.46. The predicted molar refractivity (Wildman–Crippen MR) is 79.0 cm³/mol. The van der Waals surface area contributed by atoms with Crippen molar-refractivity contribution in [1.82, 2.24) is 0 Å². The maximum Gasteiger partial charge on any atom is 0.137 e. The minimum Gasteiger partial charge on any atom is -0.399 e. The van der Waals surface area contributed by atoms with Crippen molar-refractivity contribution in [1.29, 1.82) is 0 Å². The van der Waals surface area contributed by atoms with Crippen LogP contribution in [0.1, 0.15) is 23.1 Å². The Hall–Kier alpha value is -2.16. The molecule has 0 radical (unpaired) electrons. The highest BCUT2D eigenvalue weighted by Crippen LogP contribution is 2.13. The van der Waals surface area contributed by atoms with Gasteiger partial charge in [0.1, 0.15) is 11.6 Å². The molecule has 0 spiro atoms. The molecule has 2 rings (SSSR count). The van der Waals surface area contributed by atoms with Crippen molar-refractivity contribution in [2.75, 3.05) is 5.73 Å². The summed E-state index contributed by atoms with van der Waals surface area (Å²) in [6, 6.07) is 12.1. The Morgan fingerprint density at radius 1 is 1.20 bits per heavy atom. The number of aryl methyl sites for hydroxylation is 2. The minimum absolute atomic E-state index is 0.155. The molecule has 0 fully saturated rings. The van der Waals surface area contributed by atoms with E-state index >= 15 is 0 Å². The molecule has 2 N–H and O–H groups in total. The topological polar surface area (TPSA) is 43.1 Å². The lowest BCUT2D eigenvalue weighted by atomic mass is 9.99. The first-order chi connectivity index (χ1) is 9.54. The summed E-state index contributed by atoms with van der Waals surface area (Å²) in [6.45, 7) is 1.82. The number of halogens is 1. The maximum atomic E-state index is 13.0. The van der Waals surface area contributed by atoms with Crippen LogP contribution in [0.2, 0.25) is 0 Å². The van der Waals surface area contributed by atoms with Crippen molar-refractivity contribution >= 4 is 11.5 Å². The van der Waals surface area contributed by atoms with Crippen LogP contribution >= 0.6 is 0 Å². The lowest BCUT2D eigenvalue weighted by Gasteiger charge is -2.06. The molecule has 3 heteroatoms. The van der Waals surface area contributed by atoms with Crippen LogP contribution in [0.5, 0.6) is 0 Å². The quantitative estimate of drug-likeness (QED) is 0.846. The first-order valence-corrected chi connectivity index (χ1v) is 6.66. The van der Waals surface area contributed by atoms with E-state index in [1.54, 1.807) is 6.07 Å². The highest BCUT2D eigenvalue weighted by molar-refractivity contribution is 5.81. The fourth-order valence-corrected chi connectivity index (χ4v) is 2.19. The summed E-state index contributed by atoms with van der Waals surface area (Å²) >= 11 is 0. The maximum absolute atomic E-state index is 13.0. The molecule has 0 heterocycles. The molecule has 20 heavy (non-hydrogen) atoms. The third-order valence-electron chi connectivity index (χ3n) is 3.34. The summed E-state index contributed by atoms with van der Waals surface area (Å²) in [5.41, 5.74) is 9.19. The second kappa shape index (κ2) is 6.33. The zero-order valence-electron chi connectivity index (χ0n) is 11.5. The number of nitrogen functional groups attached to an aromatic ring is 1. The molecular formula is C17H18FNO. The van der Waals surface area contributed by atoms with Gasteiger partial charge < -0.3 is 5.73 Å². The van der Waals surface area contributed by atoms with Crippen molar-refractivity contribution < 1.29 is 9.18 Å². The number of benzene rings is 2. The Bertz CT molecular complexity index is 622. The average molecular weight is 271 g/mol. The molecule has 2 aromatic carbocycles. The summed E-state index contributed by atoms with van der Waals surface area (Å²) in [4.78, 5) is 12.0. The largest absolute Gasteiger partial charge is 0.399 e. The second-order valence-electron chi connectivity index (χ2n) is 5.03. The van der Waals surface area contributed by atoms with Crippen LogP contribution in [-0.2, 0) is 17.6 Å². The van der Waals surface area contributed by atoms with Gasteiger partial charge in [-0.1, -0.05) is 18.2 Å². The van der Waals surface area contributed by atoms with Gasteiger partial charge >= 0.3 is 0 Å². The van der Waals surface area contributed by atoms with E-state index in [9.17, 15) is 9.18 Å². The van der Waals surface area contributed by atoms with E-state index in [0.29, 0.717) is 24.9 Å². The third kappa shape index (κ3) is 3.92. The summed E-state index contributed by atoms with van der Waals surface area (Å²) in [5, 5.41) is 0. The first kappa shape index (κ1) is 14.3. The molecule has 0 aliphatic rings. The van der Waals surface area contributed by atoms with Gasteiger partial charge in [0.05, 0.1) is 0 Å². The van der Waals surface area contributed by atoms with Gasteiger partial charge in [-0.25, -0.2) is 4.39 Å². The number of anilines is 1. The minimum atomic E-state index is -0.265. The van der Waals surface area contributed by atoms with Crippen LogP contribution in [0.3, 0.4) is 0 Å². The van der Waals surface area contributed by atoms with Crippen LogP contribution < -0.4 is 5.73 Å². The van der Waals surface area contributed by atoms with E-state index in [1.165, 1.54) is 12.1 Å². The van der Waals surface area contributed by atoms with E-state index in [-0.39, 0.29) is 11.6 Å². The molecule has 0 unspecified atom stereocenters. The summed E-state index contributed by atoms with van der Waals surface area (Å²) < 4.78 is 13.0. The number of hydrogen-bond donors (Lipinski definition) is 1. The summed E-state index contributed by atoms with van der Waals surface area (Å²) in [7, 11) is 0. The van der Waals surface area contributed by atoms with Gasteiger partial charge in [-0.3, -0.25) is 4.79 Å². The van der Waals surface area contributed by atoms with Gasteiger partial charge in [-0.2, -0.15) is 0 Å². The van der Waals surface area contributed by atoms with Crippen molar-refractivity contribution in [3.63, 3.8) is 0 Å². The second-order valence-corrected chi connectivity index (χ2v) is 5.03. The third-order valence-corrected chi connectivity index (χ3v) is 3.34. The number of rotatable bonds is 5.